The van der Waals surface area contributed by atoms with Crippen LogP contribution in [-0.2, 0) is 0 Å². The predicted octanol–water partition coefficient (Wildman–Crippen LogP) is 4.33. The van der Waals surface area contributed by atoms with E-state index in [4.69, 9.17) is 28.5 Å². The van der Waals surface area contributed by atoms with Crippen LogP contribution in [0.3, 0.4) is 0 Å². The van der Waals surface area contributed by atoms with Crippen LogP contribution in [0.1, 0.15) is 11.1 Å². The zero-order valence-corrected chi connectivity index (χ0v) is 9.52. The topological polar surface area (TPSA) is 23.8 Å². The Morgan fingerprint density at radius 3 is 2.07 bits per heavy atom. The van der Waals surface area contributed by atoms with Gasteiger partial charge in [0.15, 0.2) is 0 Å². The lowest BCUT2D eigenvalue weighted by Gasteiger charge is -2.04. The second kappa shape index (κ2) is 3.73. The van der Waals surface area contributed by atoms with Crippen LogP contribution in [0.25, 0.3) is 10.8 Å². The van der Waals surface area contributed by atoms with E-state index in [1.165, 1.54) is 0 Å². The molecule has 1 nitrogen and oxygen atoms in total. The van der Waals surface area contributed by atoms with E-state index in [9.17, 15) is 0 Å². The van der Waals surface area contributed by atoms with E-state index >= 15 is 0 Å². The zero-order chi connectivity index (χ0) is 11.0. The van der Waals surface area contributed by atoms with E-state index in [0.717, 1.165) is 16.3 Å². The van der Waals surface area contributed by atoms with Gasteiger partial charge in [-0.1, -0.05) is 29.3 Å². The zero-order valence-electron chi connectivity index (χ0n) is 8.01. The second-order valence-electron chi connectivity index (χ2n) is 3.39. The SMILES string of the molecule is Cc1cc2cc(Cl)c(Cl)cc2cc1C#N. The van der Waals surface area contributed by atoms with Gasteiger partial charge in [0.2, 0.25) is 0 Å². The smallest absolute Gasteiger partial charge is 0.0994 e. The van der Waals surface area contributed by atoms with Crippen LogP contribution in [0.15, 0.2) is 24.3 Å². The summed E-state index contributed by atoms with van der Waals surface area (Å²) < 4.78 is 0. The fraction of sp³-hybridized carbons (Fsp3) is 0.0833. The van der Waals surface area contributed by atoms with Gasteiger partial charge in [-0.3, -0.25) is 0 Å². The molecular weight excluding hydrogens is 229 g/mol. The Balaban J connectivity index is 2.84. The highest BCUT2D eigenvalue weighted by atomic mass is 35.5. The Kier molecular flexibility index (Phi) is 2.56. The number of benzene rings is 2. The summed E-state index contributed by atoms with van der Waals surface area (Å²) >= 11 is 11.8. The van der Waals surface area contributed by atoms with Crippen molar-refractivity contribution in [3.05, 3.63) is 45.4 Å². The first-order chi connectivity index (χ1) is 7.11. The van der Waals surface area contributed by atoms with Crippen LogP contribution in [-0.4, -0.2) is 0 Å². The molecule has 2 aromatic carbocycles. The molecule has 2 rings (SSSR count). The molecule has 0 radical (unpaired) electrons. The molecule has 0 aliphatic heterocycles. The highest BCUT2D eigenvalue weighted by Crippen LogP contribution is 2.29. The molecule has 15 heavy (non-hydrogen) atoms. The van der Waals surface area contributed by atoms with Crippen LogP contribution in [0.5, 0.6) is 0 Å². The van der Waals surface area contributed by atoms with Crippen molar-refractivity contribution in [2.24, 2.45) is 0 Å². The number of nitriles is 1. The largest absolute Gasteiger partial charge is 0.192 e. The number of halogens is 2. The van der Waals surface area contributed by atoms with Gasteiger partial charge in [-0.05, 0) is 41.5 Å². The molecule has 74 valence electrons. The average Bonchev–Trinajstić information content (AvgIpc) is 2.20. The molecule has 2 aromatic rings. The van der Waals surface area contributed by atoms with E-state index in [-0.39, 0.29) is 0 Å². The number of hydrogen-bond donors (Lipinski definition) is 0. The van der Waals surface area contributed by atoms with Crippen molar-refractivity contribution in [3.8, 4) is 6.07 Å². The fourth-order valence-electron chi connectivity index (χ4n) is 1.53. The van der Waals surface area contributed by atoms with Crippen LogP contribution in [0, 0.1) is 18.3 Å². The summed E-state index contributed by atoms with van der Waals surface area (Å²) in [5, 5.41) is 11.9. The highest BCUT2D eigenvalue weighted by molar-refractivity contribution is 6.42. The molecule has 0 bridgehead atoms. The molecule has 0 aromatic heterocycles. The van der Waals surface area contributed by atoms with Gasteiger partial charge in [-0.15, -0.1) is 0 Å². The fourth-order valence-corrected chi connectivity index (χ4v) is 1.87. The maximum absolute atomic E-state index is 8.89. The summed E-state index contributed by atoms with van der Waals surface area (Å²) in [5.74, 6) is 0. The third-order valence-electron chi connectivity index (χ3n) is 2.34. The molecule has 0 aliphatic rings. The van der Waals surface area contributed by atoms with Crippen LogP contribution < -0.4 is 0 Å². The normalized spacial score (nSPS) is 10.3. The van der Waals surface area contributed by atoms with Crippen LogP contribution >= 0.6 is 23.2 Å². The van der Waals surface area contributed by atoms with Crippen molar-refractivity contribution in [2.75, 3.05) is 0 Å². The van der Waals surface area contributed by atoms with Gasteiger partial charge in [0.05, 0.1) is 21.7 Å². The van der Waals surface area contributed by atoms with Crippen LogP contribution in [0.4, 0.5) is 0 Å². The number of hydrogen-bond acceptors (Lipinski definition) is 1. The molecule has 0 spiro atoms. The Labute approximate surface area is 97.8 Å². The van der Waals surface area contributed by atoms with Crippen LogP contribution in [0.2, 0.25) is 10.0 Å². The minimum Gasteiger partial charge on any atom is -0.192 e. The third kappa shape index (κ3) is 1.79. The molecule has 0 aliphatic carbocycles. The van der Waals surface area contributed by atoms with Crippen molar-refractivity contribution in [1.29, 1.82) is 5.26 Å². The minimum absolute atomic E-state index is 0.511. The molecule has 0 saturated carbocycles. The summed E-state index contributed by atoms with van der Waals surface area (Å²) in [6.45, 7) is 1.90. The first kappa shape index (κ1) is 10.3. The van der Waals surface area contributed by atoms with E-state index in [1.54, 1.807) is 6.07 Å². The van der Waals surface area contributed by atoms with E-state index in [0.29, 0.717) is 15.6 Å². The molecule has 0 atom stereocenters. The summed E-state index contributed by atoms with van der Waals surface area (Å²) in [6.07, 6.45) is 0. The van der Waals surface area contributed by atoms with Gasteiger partial charge in [0.25, 0.3) is 0 Å². The quantitative estimate of drug-likeness (QED) is 0.667. The Bertz CT molecular complexity index is 582. The summed E-state index contributed by atoms with van der Waals surface area (Å²) in [7, 11) is 0. The first-order valence-electron chi connectivity index (χ1n) is 4.41. The van der Waals surface area contributed by atoms with Gasteiger partial charge in [-0.25, -0.2) is 0 Å². The number of nitrogens with zero attached hydrogens (tertiary/aromatic N) is 1. The maximum atomic E-state index is 8.89. The van der Waals surface area contributed by atoms with Gasteiger partial charge < -0.3 is 0 Å². The second-order valence-corrected chi connectivity index (χ2v) is 4.21. The van der Waals surface area contributed by atoms with Crippen molar-refractivity contribution in [3.63, 3.8) is 0 Å². The van der Waals surface area contributed by atoms with Gasteiger partial charge in [0.1, 0.15) is 0 Å². The van der Waals surface area contributed by atoms with Gasteiger partial charge in [0, 0.05) is 0 Å². The Morgan fingerprint density at radius 2 is 1.53 bits per heavy atom. The average molecular weight is 236 g/mol. The first-order valence-corrected chi connectivity index (χ1v) is 5.17. The number of fused-ring (bicyclic) bond motifs is 1. The minimum atomic E-state index is 0.511. The lowest BCUT2D eigenvalue weighted by molar-refractivity contribution is 1.42. The van der Waals surface area contributed by atoms with Gasteiger partial charge in [-0.2, -0.15) is 5.26 Å². The van der Waals surface area contributed by atoms with Crippen molar-refractivity contribution < 1.29 is 0 Å². The predicted molar refractivity (Wildman–Crippen MR) is 63.4 cm³/mol. The van der Waals surface area contributed by atoms with Crippen molar-refractivity contribution in [2.45, 2.75) is 6.92 Å². The van der Waals surface area contributed by atoms with Crippen molar-refractivity contribution >= 4 is 34.0 Å². The standard InChI is InChI=1S/C12H7Cl2N/c1-7-2-8-4-11(13)12(14)5-9(8)3-10(7)6-15/h2-5H,1H3. The third-order valence-corrected chi connectivity index (χ3v) is 3.07. The molecule has 0 unspecified atom stereocenters. The number of aryl methyl sites for hydroxylation is 1. The molecule has 0 saturated heterocycles. The molecular formula is C12H7Cl2N. The van der Waals surface area contributed by atoms with Crippen molar-refractivity contribution in [1.82, 2.24) is 0 Å². The molecule has 3 heteroatoms. The van der Waals surface area contributed by atoms with E-state index in [1.807, 2.05) is 25.1 Å². The molecule has 0 amide bonds. The summed E-state index contributed by atoms with van der Waals surface area (Å²) in [4.78, 5) is 0. The monoisotopic (exact) mass is 235 g/mol. The number of rotatable bonds is 0. The maximum Gasteiger partial charge on any atom is 0.0994 e. The summed E-state index contributed by atoms with van der Waals surface area (Å²) in [5.41, 5.74) is 1.62. The van der Waals surface area contributed by atoms with E-state index < -0.39 is 0 Å². The van der Waals surface area contributed by atoms with Gasteiger partial charge >= 0.3 is 0 Å². The Hall–Kier alpha value is -1.23. The lowest BCUT2D eigenvalue weighted by atomic mass is 10.0. The molecule has 0 N–H and O–H groups in total. The molecule has 0 fully saturated rings. The Morgan fingerprint density at radius 1 is 1.00 bits per heavy atom. The molecule has 0 heterocycles. The highest BCUT2D eigenvalue weighted by Gasteiger charge is 2.04. The lowest BCUT2D eigenvalue weighted by Crippen LogP contribution is -1.83. The van der Waals surface area contributed by atoms with E-state index in [2.05, 4.69) is 6.07 Å². The summed E-state index contributed by atoms with van der Waals surface area (Å²) in [6, 6.07) is 9.50.